The maximum atomic E-state index is 11.1. The van der Waals surface area contributed by atoms with Gasteiger partial charge in [0, 0.05) is 12.3 Å². The van der Waals surface area contributed by atoms with E-state index in [0.717, 1.165) is 23.3 Å². The summed E-state index contributed by atoms with van der Waals surface area (Å²) in [5, 5.41) is 19.2. The predicted molar refractivity (Wildman–Crippen MR) is 58.7 cm³/mol. The Kier molecular flexibility index (Phi) is 4.38. The topological polar surface area (TPSA) is 119 Å². The fraction of sp³-hybridized carbons (Fsp3) is 0.286. The highest BCUT2D eigenvalue weighted by molar-refractivity contribution is 8.01. The summed E-state index contributed by atoms with van der Waals surface area (Å²) in [6, 6.07) is 0. The van der Waals surface area contributed by atoms with E-state index in [4.69, 9.17) is 10.2 Å². The maximum absolute atomic E-state index is 11.1. The molecule has 0 saturated carbocycles. The van der Waals surface area contributed by atoms with Gasteiger partial charge in [0.05, 0.1) is 4.21 Å². The summed E-state index contributed by atoms with van der Waals surface area (Å²) in [6.07, 6.45) is -1.14. The molecule has 1 amide bonds. The van der Waals surface area contributed by atoms with Crippen molar-refractivity contribution in [1.82, 2.24) is 9.69 Å². The van der Waals surface area contributed by atoms with Crippen molar-refractivity contribution in [2.75, 3.05) is 12.3 Å². The van der Waals surface area contributed by atoms with Gasteiger partial charge in [-0.25, -0.2) is 9.59 Å². The Morgan fingerprint density at radius 1 is 1.44 bits per heavy atom. The zero-order valence-corrected chi connectivity index (χ0v) is 9.48. The normalized spacial score (nSPS) is 10.0. The van der Waals surface area contributed by atoms with Crippen molar-refractivity contribution in [1.29, 1.82) is 0 Å². The number of nitrogens with one attached hydrogen (secondary N) is 2. The van der Waals surface area contributed by atoms with Gasteiger partial charge in [-0.2, -0.15) is 0 Å². The lowest BCUT2D eigenvalue weighted by Crippen LogP contribution is -2.23. The summed E-state index contributed by atoms with van der Waals surface area (Å²) >= 11 is 2.05. The lowest BCUT2D eigenvalue weighted by atomic mass is 10.4. The second-order valence-corrected chi connectivity index (χ2v) is 4.76. The first-order valence-electron chi connectivity index (χ1n) is 4.06. The fourth-order valence-electron chi connectivity index (χ4n) is 0.875. The number of carboxylic acids is 1. The summed E-state index contributed by atoms with van der Waals surface area (Å²) in [5.74, 6) is -0.920. The van der Waals surface area contributed by atoms with Crippen molar-refractivity contribution in [3.63, 3.8) is 0 Å². The van der Waals surface area contributed by atoms with Gasteiger partial charge in [-0.3, -0.25) is 9.17 Å². The summed E-state index contributed by atoms with van der Waals surface area (Å²) < 4.78 is 2.67. The number of aromatic nitrogens is 1. The van der Waals surface area contributed by atoms with Crippen LogP contribution in [-0.2, 0) is 0 Å². The molecular formula is C7H8N2O5S2. The molecule has 0 aliphatic heterocycles. The van der Waals surface area contributed by atoms with Crippen LogP contribution in [-0.4, -0.2) is 38.9 Å². The first-order valence-corrected chi connectivity index (χ1v) is 5.87. The van der Waals surface area contributed by atoms with Gasteiger partial charge in [-0.1, -0.05) is 11.5 Å². The Labute approximate surface area is 97.6 Å². The summed E-state index contributed by atoms with van der Waals surface area (Å²) in [6.45, 7) is 0.186. The van der Waals surface area contributed by atoms with Gasteiger partial charge in [0.15, 0.2) is 5.56 Å². The largest absolute Gasteiger partial charge is 0.477 e. The number of carbonyl (C=O) groups is 2. The lowest BCUT2D eigenvalue weighted by Gasteiger charge is -1.99. The minimum Gasteiger partial charge on any atom is -0.477 e. The Bertz CT molecular complexity index is 452. The van der Waals surface area contributed by atoms with Gasteiger partial charge in [-0.05, 0) is 0 Å². The Morgan fingerprint density at radius 2 is 2.12 bits per heavy atom. The standard InChI is InChI=1S/C7H8N2O5S2/c10-4-3(5(11)12)6(16-9-4)15-2-1-8-7(13)14/h8H,1-2H2,(H,9,10)(H,11,12)(H,13,14). The molecule has 16 heavy (non-hydrogen) atoms. The Balaban J connectivity index is 2.57. The number of rotatable bonds is 5. The molecule has 0 aliphatic carbocycles. The smallest absolute Gasteiger partial charge is 0.404 e. The maximum Gasteiger partial charge on any atom is 0.404 e. The van der Waals surface area contributed by atoms with E-state index < -0.39 is 17.6 Å². The van der Waals surface area contributed by atoms with Gasteiger partial charge < -0.3 is 15.5 Å². The van der Waals surface area contributed by atoms with Crippen molar-refractivity contribution < 1.29 is 19.8 Å². The van der Waals surface area contributed by atoms with E-state index in [1.807, 2.05) is 0 Å². The molecular weight excluding hydrogens is 256 g/mol. The summed E-state index contributed by atoms with van der Waals surface area (Å²) in [4.78, 5) is 31.9. The van der Waals surface area contributed by atoms with E-state index >= 15 is 0 Å². The van der Waals surface area contributed by atoms with Crippen molar-refractivity contribution >= 4 is 35.4 Å². The second-order valence-electron chi connectivity index (χ2n) is 2.58. The average Bonchev–Trinajstić information content (AvgIpc) is 2.54. The summed E-state index contributed by atoms with van der Waals surface area (Å²) in [7, 11) is 0. The zero-order valence-electron chi connectivity index (χ0n) is 7.85. The second kappa shape index (κ2) is 5.56. The van der Waals surface area contributed by atoms with Crippen LogP contribution in [0.2, 0.25) is 0 Å². The molecule has 1 rings (SSSR count). The minimum absolute atomic E-state index is 0.186. The predicted octanol–water partition coefficient (Wildman–Crippen LogP) is 0.494. The number of aromatic amines is 1. The van der Waals surface area contributed by atoms with Gasteiger partial charge in [0.25, 0.3) is 5.56 Å². The van der Waals surface area contributed by atoms with E-state index in [1.165, 1.54) is 0 Å². The number of carboxylic acid groups (broad SMARTS) is 2. The molecule has 0 spiro atoms. The number of thioether (sulfide) groups is 1. The third kappa shape index (κ3) is 3.28. The first kappa shape index (κ1) is 12.6. The molecule has 0 unspecified atom stereocenters. The van der Waals surface area contributed by atoms with Crippen LogP contribution in [0, 0.1) is 0 Å². The van der Waals surface area contributed by atoms with Crippen LogP contribution in [0.4, 0.5) is 4.79 Å². The molecule has 0 atom stereocenters. The zero-order chi connectivity index (χ0) is 12.1. The molecule has 4 N–H and O–H groups in total. The van der Waals surface area contributed by atoms with Gasteiger partial charge in [-0.15, -0.1) is 11.8 Å². The molecule has 0 aliphatic rings. The number of hydrogen-bond acceptors (Lipinski definition) is 5. The highest BCUT2D eigenvalue weighted by atomic mass is 32.2. The number of amides is 1. The number of H-pyrrole nitrogens is 1. The Morgan fingerprint density at radius 3 is 2.69 bits per heavy atom. The van der Waals surface area contributed by atoms with Gasteiger partial charge >= 0.3 is 12.1 Å². The Hall–Kier alpha value is -1.48. The van der Waals surface area contributed by atoms with Gasteiger partial charge in [0.1, 0.15) is 0 Å². The van der Waals surface area contributed by atoms with Crippen LogP contribution in [0.1, 0.15) is 10.4 Å². The molecule has 0 fully saturated rings. The van der Waals surface area contributed by atoms with Crippen molar-refractivity contribution in [2.45, 2.75) is 4.21 Å². The van der Waals surface area contributed by atoms with Gasteiger partial charge in [0.2, 0.25) is 0 Å². The van der Waals surface area contributed by atoms with E-state index in [2.05, 4.69) is 9.69 Å². The average molecular weight is 264 g/mol. The van der Waals surface area contributed by atoms with E-state index in [9.17, 15) is 14.4 Å². The highest BCUT2D eigenvalue weighted by Gasteiger charge is 2.17. The van der Waals surface area contributed by atoms with Crippen LogP contribution < -0.4 is 10.9 Å². The molecule has 0 bridgehead atoms. The minimum atomic E-state index is -1.28. The molecule has 1 aromatic heterocycles. The third-order valence-corrected chi connectivity index (χ3v) is 3.65. The van der Waals surface area contributed by atoms with Crippen LogP contribution in [0.15, 0.2) is 9.00 Å². The van der Waals surface area contributed by atoms with Crippen LogP contribution in [0.5, 0.6) is 0 Å². The van der Waals surface area contributed by atoms with Crippen LogP contribution in [0.25, 0.3) is 0 Å². The van der Waals surface area contributed by atoms with E-state index in [1.54, 1.807) is 0 Å². The molecule has 9 heteroatoms. The molecule has 1 heterocycles. The quantitative estimate of drug-likeness (QED) is 0.454. The monoisotopic (exact) mass is 264 g/mol. The van der Waals surface area contributed by atoms with Crippen molar-refractivity contribution in [3.8, 4) is 0 Å². The number of aromatic carboxylic acids is 1. The molecule has 88 valence electrons. The SMILES string of the molecule is O=C(O)NCCSc1s[nH]c(=O)c1C(=O)O. The fourth-order valence-corrected chi connectivity index (χ4v) is 2.77. The lowest BCUT2D eigenvalue weighted by molar-refractivity contribution is 0.0692. The highest BCUT2D eigenvalue weighted by Crippen LogP contribution is 2.23. The molecule has 1 aromatic rings. The molecule has 0 radical (unpaired) electrons. The molecule has 0 saturated heterocycles. The van der Waals surface area contributed by atoms with Crippen molar-refractivity contribution in [2.24, 2.45) is 0 Å². The van der Waals surface area contributed by atoms with Crippen LogP contribution >= 0.6 is 23.3 Å². The summed E-state index contributed by atoms with van der Waals surface area (Å²) in [5.41, 5.74) is -0.920. The molecule has 7 nitrogen and oxygen atoms in total. The molecule has 0 aromatic carbocycles. The van der Waals surface area contributed by atoms with E-state index in [-0.39, 0.29) is 12.1 Å². The first-order chi connectivity index (χ1) is 7.52. The van der Waals surface area contributed by atoms with E-state index in [0.29, 0.717) is 9.96 Å². The number of hydrogen-bond donors (Lipinski definition) is 4. The van der Waals surface area contributed by atoms with Crippen molar-refractivity contribution in [3.05, 3.63) is 15.9 Å². The third-order valence-electron chi connectivity index (χ3n) is 1.49. The van der Waals surface area contributed by atoms with Crippen LogP contribution in [0.3, 0.4) is 0 Å².